The van der Waals surface area contributed by atoms with Crippen molar-refractivity contribution in [2.75, 3.05) is 37.6 Å². The first-order valence-corrected chi connectivity index (χ1v) is 10.6. The Morgan fingerprint density at radius 2 is 1.96 bits per heavy atom. The van der Waals surface area contributed by atoms with Crippen molar-refractivity contribution in [1.82, 2.24) is 34.3 Å². The van der Waals surface area contributed by atoms with Crippen LogP contribution in [0, 0.1) is 0 Å². The highest BCUT2D eigenvalue weighted by Gasteiger charge is 2.22. The highest BCUT2D eigenvalue weighted by atomic mass is 127. The molecule has 0 atom stereocenters. The standard InChI is InChI=1S/C17H27N9S.HI/c1-3-13-20-17(27-23-13)25-10-8-24(9-11-25)16(18-4-2)19-12-15-22-21-14-6-5-7-26(14)15;/h3-12H2,1-2H3,(H,18,19);1H. The first kappa shape index (κ1) is 21.2. The fourth-order valence-electron chi connectivity index (χ4n) is 3.53. The van der Waals surface area contributed by atoms with Gasteiger partial charge < -0.3 is 19.7 Å². The number of aromatic nitrogens is 5. The maximum absolute atomic E-state index is 4.84. The first-order chi connectivity index (χ1) is 13.3. The van der Waals surface area contributed by atoms with E-state index < -0.39 is 0 Å². The Hall–Kier alpha value is -1.50. The fourth-order valence-corrected chi connectivity index (χ4v) is 4.33. The molecule has 2 aliphatic rings. The molecule has 1 N–H and O–H groups in total. The van der Waals surface area contributed by atoms with Gasteiger partial charge in [-0.3, -0.25) is 0 Å². The van der Waals surface area contributed by atoms with Crippen LogP contribution in [0.15, 0.2) is 4.99 Å². The molecule has 0 amide bonds. The van der Waals surface area contributed by atoms with E-state index in [2.05, 4.69) is 53.1 Å². The molecule has 0 unspecified atom stereocenters. The minimum Gasteiger partial charge on any atom is -0.357 e. The average molecular weight is 517 g/mol. The van der Waals surface area contributed by atoms with Gasteiger partial charge in [-0.1, -0.05) is 6.92 Å². The van der Waals surface area contributed by atoms with Gasteiger partial charge in [0.1, 0.15) is 18.2 Å². The predicted octanol–water partition coefficient (Wildman–Crippen LogP) is 1.54. The first-order valence-electron chi connectivity index (χ1n) is 9.80. The van der Waals surface area contributed by atoms with E-state index >= 15 is 0 Å². The van der Waals surface area contributed by atoms with Crippen molar-refractivity contribution in [2.24, 2.45) is 4.99 Å². The van der Waals surface area contributed by atoms with Gasteiger partial charge in [0.2, 0.25) is 5.13 Å². The van der Waals surface area contributed by atoms with Crippen molar-refractivity contribution in [2.45, 2.75) is 46.2 Å². The maximum Gasteiger partial charge on any atom is 0.205 e. The lowest BCUT2D eigenvalue weighted by Crippen LogP contribution is -2.52. The molecule has 0 spiro atoms. The number of aryl methyl sites for hydroxylation is 2. The number of hydrogen-bond acceptors (Lipinski definition) is 7. The van der Waals surface area contributed by atoms with Crippen LogP contribution in [0.5, 0.6) is 0 Å². The van der Waals surface area contributed by atoms with E-state index in [1.807, 2.05) is 0 Å². The van der Waals surface area contributed by atoms with Gasteiger partial charge in [-0.25, -0.2) is 9.98 Å². The lowest BCUT2D eigenvalue weighted by atomic mass is 10.3. The van der Waals surface area contributed by atoms with Crippen molar-refractivity contribution >= 4 is 46.6 Å². The van der Waals surface area contributed by atoms with Crippen molar-refractivity contribution in [3.63, 3.8) is 0 Å². The molecule has 4 heterocycles. The molecule has 0 aromatic carbocycles. The Bertz CT molecular complexity index is 794. The topological polar surface area (TPSA) is 87.4 Å². The number of anilines is 1. The summed E-state index contributed by atoms with van der Waals surface area (Å²) in [5.74, 6) is 3.96. The van der Waals surface area contributed by atoms with E-state index in [1.54, 1.807) is 0 Å². The van der Waals surface area contributed by atoms with Crippen LogP contribution >= 0.6 is 35.5 Å². The van der Waals surface area contributed by atoms with Crippen molar-refractivity contribution in [3.05, 3.63) is 17.5 Å². The van der Waals surface area contributed by atoms with Crippen LogP contribution in [0.25, 0.3) is 0 Å². The van der Waals surface area contributed by atoms with Gasteiger partial charge in [0, 0.05) is 63.6 Å². The molecular formula is C17H28IN9S. The zero-order chi connectivity index (χ0) is 18.6. The number of guanidine groups is 1. The summed E-state index contributed by atoms with van der Waals surface area (Å²) in [5, 5.41) is 13.1. The summed E-state index contributed by atoms with van der Waals surface area (Å²) < 4.78 is 6.62. The van der Waals surface area contributed by atoms with Crippen LogP contribution in [0.4, 0.5) is 5.13 Å². The monoisotopic (exact) mass is 517 g/mol. The molecule has 154 valence electrons. The van der Waals surface area contributed by atoms with Crippen LogP contribution < -0.4 is 10.2 Å². The van der Waals surface area contributed by atoms with Crippen LogP contribution in [0.3, 0.4) is 0 Å². The molecule has 0 bridgehead atoms. The Morgan fingerprint density at radius 1 is 1.14 bits per heavy atom. The largest absolute Gasteiger partial charge is 0.357 e. The molecule has 0 radical (unpaired) electrons. The predicted molar refractivity (Wildman–Crippen MR) is 122 cm³/mol. The van der Waals surface area contributed by atoms with Crippen molar-refractivity contribution in [3.8, 4) is 0 Å². The number of halogens is 1. The molecule has 1 saturated heterocycles. The number of aliphatic imine (C=N–C) groups is 1. The van der Waals surface area contributed by atoms with Gasteiger partial charge in [-0.15, -0.1) is 34.2 Å². The normalized spacial score (nSPS) is 16.9. The third-order valence-corrected chi connectivity index (χ3v) is 5.83. The number of rotatable bonds is 5. The van der Waals surface area contributed by atoms with Gasteiger partial charge >= 0.3 is 0 Å². The Kier molecular flexibility index (Phi) is 7.43. The van der Waals surface area contributed by atoms with Crippen molar-refractivity contribution < 1.29 is 0 Å². The number of nitrogens with zero attached hydrogens (tertiary/aromatic N) is 8. The van der Waals surface area contributed by atoms with E-state index in [-0.39, 0.29) is 24.0 Å². The Labute approximate surface area is 186 Å². The van der Waals surface area contributed by atoms with Gasteiger partial charge in [0.15, 0.2) is 11.8 Å². The van der Waals surface area contributed by atoms with Gasteiger partial charge in [-0.2, -0.15) is 4.37 Å². The lowest BCUT2D eigenvalue weighted by molar-refractivity contribution is 0.372. The van der Waals surface area contributed by atoms with Crippen LogP contribution in [-0.2, 0) is 25.9 Å². The summed E-state index contributed by atoms with van der Waals surface area (Å²) in [6.07, 6.45) is 3.08. The SMILES string of the molecule is CCNC(=NCc1nnc2n1CCC2)N1CCN(c2nc(CC)ns2)CC1.I. The molecule has 4 rings (SSSR count). The minimum atomic E-state index is 0. The third kappa shape index (κ3) is 4.56. The lowest BCUT2D eigenvalue weighted by Gasteiger charge is -2.36. The highest BCUT2D eigenvalue weighted by molar-refractivity contribution is 14.0. The Morgan fingerprint density at radius 3 is 2.68 bits per heavy atom. The third-order valence-electron chi connectivity index (χ3n) is 5.01. The Balaban J connectivity index is 0.00000225. The molecule has 0 saturated carbocycles. The van der Waals surface area contributed by atoms with Crippen LogP contribution in [0.1, 0.15) is 37.7 Å². The molecule has 2 aliphatic heterocycles. The van der Waals surface area contributed by atoms with Crippen LogP contribution in [0.2, 0.25) is 0 Å². The van der Waals surface area contributed by atoms with E-state index in [4.69, 9.17) is 4.99 Å². The summed E-state index contributed by atoms with van der Waals surface area (Å²) >= 11 is 1.50. The van der Waals surface area contributed by atoms with E-state index in [1.165, 1.54) is 11.5 Å². The molecule has 9 nitrogen and oxygen atoms in total. The molecule has 11 heteroatoms. The van der Waals surface area contributed by atoms with Gasteiger partial charge in [0.05, 0.1) is 0 Å². The molecule has 28 heavy (non-hydrogen) atoms. The smallest absolute Gasteiger partial charge is 0.205 e. The molecular weight excluding hydrogens is 489 g/mol. The molecule has 2 aromatic rings. The summed E-state index contributed by atoms with van der Waals surface area (Å²) in [6, 6.07) is 0. The molecule has 1 fully saturated rings. The quantitative estimate of drug-likeness (QED) is 0.366. The second-order valence-electron chi connectivity index (χ2n) is 6.78. The summed E-state index contributed by atoms with van der Waals surface area (Å²) in [5.41, 5.74) is 0. The summed E-state index contributed by atoms with van der Waals surface area (Å²) in [7, 11) is 0. The number of fused-ring (bicyclic) bond motifs is 1. The summed E-state index contributed by atoms with van der Waals surface area (Å²) in [6.45, 7) is 10.4. The second kappa shape index (κ2) is 9.81. The number of nitrogens with one attached hydrogen (secondary N) is 1. The molecule has 2 aromatic heterocycles. The highest BCUT2D eigenvalue weighted by Crippen LogP contribution is 2.19. The van der Waals surface area contributed by atoms with Gasteiger partial charge in [0.25, 0.3) is 0 Å². The molecule has 0 aliphatic carbocycles. The zero-order valence-corrected chi connectivity index (χ0v) is 19.6. The summed E-state index contributed by atoms with van der Waals surface area (Å²) in [4.78, 5) is 14.1. The number of hydrogen-bond donors (Lipinski definition) is 1. The number of piperazine rings is 1. The van der Waals surface area contributed by atoms with Crippen LogP contribution in [-0.4, -0.2) is 67.7 Å². The zero-order valence-electron chi connectivity index (χ0n) is 16.5. The van der Waals surface area contributed by atoms with E-state index in [9.17, 15) is 0 Å². The second-order valence-corrected chi connectivity index (χ2v) is 7.51. The fraction of sp³-hybridized carbons (Fsp3) is 0.706. The van der Waals surface area contributed by atoms with Crippen molar-refractivity contribution in [1.29, 1.82) is 0 Å². The van der Waals surface area contributed by atoms with E-state index in [0.717, 1.165) is 87.1 Å². The average Bonchev–Trinajstić information content (AvgIpc) is 3.42. The van der Waals surface area contributed by atoms with Gasteiger partial charge in [-0.05, 0) is 13.3 Å². The minimum absolute atomic E-state index is 0. The maximum atomic E-state index is 4.84. The van der Waals surface area contributed by atoms with E-state index in [0.29, 0.717) is 6.54 Å².